The maximum Gasteiger partial charge on any atom is 0.168 e. The molecule has 25 heavy (non-hydrogen) atoms. The third-order valence-corrected chi connectivity index (χ3v) is 6.63. The molecule has 1 saturated carbocycles. The molecule has 0 amide bonds. The van der Waals surface area contributed by atoms with Crippen molar-refractivity contribution in [2.75, 3.05) is 26.2 Å². The van der Waals surface area contributed by atoms with Crippen LogP contribution in [0.5, 0.6) is 0 Å². The van der Waals surface area contributed by atoms with Crippen molar-refractivity contribution in [3.63, 3.8) is 0 Å². The average Bonchev–Trinajstić information content (AvgIpc) is 3.00. The molecular formula is C22H41NO2. The molecule has 1 atom stereocenters. The highest BCUT2D eigenvalue weighted by atomic mass is 16.7. The lowest BCUT2D eigenvalue weighted by molar-refractivity contribution is -0.197. The number of rotatable bonds is 10. The van der Waals surface area contributed by atoms with Gasteiger partial charge in [-0.2, -0.15) is 0 Å². The van der Waals surface area contributed by atoms with E-state index in [1.165, 1.54) is 32.2 Å². The Hall–Kier alpha value is -0.380. The van der Waals surface area contributed by atoms with E-state index in [2.05, 4.69) is 39.2 Å². The second-order valence-corrected chi connectivity index (χ2v) is 8.79. The summed E-state index contributed by atoms with van der Waals surface area (Å²) in [5.74, 6) is 0.551. The predicted molar refractivity (Wildman–Crippen MR) is 106 cm³/mol. The van der Waals surface area contributed by atoms with Crippen molar-refractivity contribution < 1.29 is 9.47 Å². The fourth-order valence-electron chi connectivity index (χ4n) is 4.40. The van der Waals surface area contributed by atoms with Gasteiger partial charge in [0.05, 0.1) is 12.7 Å². The maximum atomic E-state index is 6.45. The molecule has 2 aliphatic rings. The van der Waals surface area contributed by atoms with Crippen LogP contribution in [-0.4, -0.2) is 43.0 Å². The Balaban J connectivity index is 1.76. The van der Waals surface area contributed by atoms with E-state index in [1.54, 1.807) is 0 Å². The van der Waals surface area contributed by atoms with E-state index >= 15 is 0 Å². The Labute approximate surface area is 156 Å². The molecule has 3 nitrogen and oxygen atoms in total. The first kappa shape index (κ1) is 20.9. The van der Waals surface area contributed by atoms with Crippen LogP contribution < -0.4 is 0 Å². The van der Waals surface area contributed by atoms with Crippen molar-refractivity contribution in [3.05, 3.63) is 12.7 Å². The molecule has 1 heterocycles. The van der Waals surface area contributed by atoms with Crippen molar-refractivity contribution in [1.29, 1.82) is 0 Å². The van der Waals surface area contributed by atoms with Crippen LogP contribution in [0.2, 0.25) is 0 Å². The zero-order valence-electron chi connectivity index (χ0n) is 17.2. The number of ether oxygens (including phenoxy) is 2. The molecule has 3 heteroatoms. The van der Waals surface area contributed by atoms with E-state index in [1.807, 2.05) is 6.08 Å². The van der Waals surface area contributed by atoms with Gasteiger partial charge in [-0.25, -0.2) is 0 Å². The molecule has 146 valence electrons. The Kier molecular flexibility index (Phi) is 7.97. The van der Waals surface area contributed by atoms with Gasteiger partial charge in [0.15, 0.2) is 5.79 Å². The zero-order chi connectivity index (χ0) is 18.3. The minimum absolute atomic E-state index is 0.262. The van der Waals surface area contributed by atoms with Gasteiger partial charge >= 0.3 is 0 Å². The smallest absolute Gasteiger partial charge is 0.168 e. The Morgan fingerprint density at radius 1 is 1.16 bits per heavy atom. The van der Waals surface area contributed by atoms with Gasteiger partial charge in [-0.05, 0) is 50.0 Å². The fraction of sp³-hybridized carbons (Fsp3) is 0.909. The van der Waals surface area contributed by atoms with Crippen molar-refractivity contribution in [1.82, 2.24) is 4.90 Å². The van der Waals surface area contributed by atoms with Gasteiger partial charge in [0.2, 0.25) is 0 Å². The third kappa shape index (κ3) is 5.80. The van der Waals surface area contributed by atoms with Crippen LogP contribution in [0.3, 0.4) is 0 Å². The van der Waals surface area contributed by atoms with Crippen molar-refractivity contribution in [2.45, 2.75) is 91.0 Å². The maximum absolute atomic E-state index is 6.45. The molecule has 0 bridgehead atoms. The Bertz CT molecular complexity index is 399. The van der Waals surface area contributed by atoms with Gasteiger partial charge < -0.3 is 14.4 Å². The summed E-state index contributed by atoms with van der Waals surface area (Å²) in [5, 5.41) is 0. The largest absolute Gasteiger partial charge is 0.347 e. The van der Waals surface area contributed by atoms with Crippen LogP contribution in [0.1, 0.15) is 79.1 Å². The second-order valence-electron chi connectivity index (χ2n) is 8.79. The quantitative estimate of drug-likeness (QED) is 0.492. The normalized spacial score (nSPS) is 30.3. The van der Waals surface area contributed by atoms with Crippen molar-refractivity contribution in [2.24, 2.45) is 11.3 Å². The minimum atomic E-state index is -0.262. The topological polar surface area (TPSA) is 21.7 Å². The van der Waals surface area contributed by atoms with E-state index in [9.17, 15) is 0 Å². The van der Waals surface area contributed by atoms with Crippen LogP contribution in [-0.2, 0) is 9.47 Å². The second kappa shape index (κ2) is 9.53. The summed E-state index contributed by atoms with van der Waals surface area (Å²) in [5.41, 5.74) is 0.450. The highest BCUT2D eigenvalue weighted by Gasteiger charge is 2.46. The van der Waals surface area contributed by atoms with Crippen LogP contribution in [0.15, 0.2) is 12.7 Å². The molecule has 0 N–H and O–H groups in total. The summed E-state index contributed by atoms with van der Waals surface area (Å²) in [4.78, 5) is 2.54. The summed E-state index contributed by atoms with van der Waals surface area (Å²) < 4.78 is 12.7. The first-order chi connectivity index (χ1) is 11.9. The molecule has 0 radical (unpaired) electrons. The summed E-state index contributed by atoms with van der Waals surface area (Å²) in [6.07, 6.45) is 11.6. The molecule has 0 aromatic heterocycles. The van der Waals surface area contributed by atoms with Crippen LogP contribution in [0.25, 0.3) is 0 Å². The third-order valence-electron chi connectivity index (χ3n) is 6.63. The number of nitrogens with zero attached hydrogens (tertiary/aromatic N) is 1. The lowest BCUT2D eigenvalue weighted by atomic mass is 9.68. The molecule has 2 rings (SSSR count). The fourth-order valence-corrected chi connectivity index (χ4v) is 4.40. The minimum Gasteiger partial charge on any atom is -0.347 e. The zero-order valence-corrected chi connectivity index (χ0v) is 17.2. The van der Waals surface area contributed by atoms with Crippen molar-refractivity contribution in [3.8, 4) is 0 Å². The lowest BCUT2D eigenvalue weighted by Gasteiger charge is -2.42. The molecular weight excluding hydrogens is 310 g/mol. The van der Waals surface area contributed by atoms with Crippen LogP contribution >= 0.6 is 0 Å². The molecule has 1 unspecified atom stereocenters. The number of hydrogen-bond donors (Lipinski definition) is 0. The van der Waals surface area contributed by atoms with Crippen LogP contribution in [0.4, 0.5) is 0 Å². The monoisotopic (exact) mass is 351 g/mol. The molecule has 0 aromatic carbocycles. The molecule has 1 saturated heterocycles. The van der Waals surface area contributed by atoms with Crippen molar-refractivity contribution >= 4 is 0 Å². The van der Waals surface area contributed by atoms with Gasteiger partial charge in [0.25, 0.3) is 0 Å². The predicted octanol–water partition coefficient (Wildman–Crippen LogP) is 5.40. The van der Waals surface area contributed by atoms with Gasteiger partial charge in [-0.1, -0.05) is 40.2 Å². The first-order valence-corrected chi connectivity index (χ1v) is 10.6. The average molecular weight is 352 g/mol. The van der Waals surface area contributed by atoms with Gasteiger partial charge in [0, 0.05) is 25.9 Å². The highest BCUT2D eigenvalue weighted by molar-refractivity contribution is 4.90. The molecule has 1 aliphatic carbocycles. The summed E-state index contributed by atoms with van der Waals surface area (Å²) in [6, 6.07) is 0. The van der Waals surface area contributed by atoms with E-state index in [4.69, 9.17) is 9.47 Å². The summed E-state index contributed by atoms with van der Waals surface area (Å²) in [6.45, 7) is 17.4. The highest BCUT2D eigenvalue weighted by Crippen LogP contribution is 2.47. The SMILES string of the molecule is C=CCCN(CCC)CCC1COC2(CCC(C(C)(C)CC)CC2)O1. The van der Waals surface area contributed by atoms with Gasteiger partial charge in [-0.3, -0.25) is 0 Å². The first-order valence-electron chi connectivity index (χ1n) is 10.6. The van der Waals surface area contributed by atoms with Gasteiger partial charge in [0.1, 0.15) is 0 Å². The molecule has 2 fully saturated rings. The Morgan fingerprint density at radius 3 is 2.48 bits per heavy atom. The van der Waals surface area contributed by atoms with E-state index in [0.717, 1.165) is 51.3 Å². The molecule has 1 spiro atoms. The Morgan fingerprint density at radius 2 is 1.88 bits per heavy atom. The number of hydrogen-bond acceptors (Lipinski definition) is 3. The van der Waals surface area contributed by atoms with Crippen LogP contribution in [0, 0.1) is 11.3 Å². The molecule has 0 aromatic rings. The van der Waals surface area contributed by atoms with E-state index in [0.29, 0.717) is 5.41 Å². The molecule has 1 aliphatic heterocycles. The lowest BCUT2D eigenvalue weighted by Crippen LogP contribution is -2.39. The van der Waals surface area contributed by atoms with E-state index < -0.39 is 0 Å². The summed E-state index contributed by atoms with van der Waals surface area (Å²) >= 11 is 0. The van der Waals surface area contributed by atoms with Gasteiger partial charge in [-0.15, -0.1) is 6.58 Å². The summed E-state index contributed by atoms with van der Waals surface area (Å²) in [7, 11) is 0. The standard InChI is InChI=1S/C22H41NO2/c1-6-9-16-23(15-7-2)17-12-20-18-24-22(25-20)13-10-19(11-14-22)21(4,5)8-3/h6,19-20H,1,7-18H2,2-5H3. The van der Waals surface area contributed by atoms with E-state index in [-0.39, 0.29) is 11.9 Å².